The predicted octanol–water partition coefficient (Wildman–Crippen LogP) is 0.734. The Morgan fingerprint density at radius 1 is 1.39 bits per heavy atom. The molecule has 0 spiro atoms. The summed E-state index contributed by atoms with van der Waals surface area (Å²) in [6, 6.07) is 0. The summed E-state index contributed by atoms with van der Waals surface area (Å²) in [6.45, 7) is 7.86. The molecule has 0 aliphatic heterocycles. The van der Waals surface area contributed by atoms with E-state index in [-0.39, 0.29) is 24.2 Å². The molecular weight excluding hydrogens is 274 g/mol. The van der Waals surface area contributed by atoms with Gasteiger partial charge < -0.3 is 9.29 Å². The first-order chi connectivity index (χ1) is 7.94. The Balaban J connectivity index is 4.75. The first-order valence-corrected chi connectivity index (χ1v) is 9.46. The summed E-state index contributed by atoms with van der Waals surface area (Å²) in [5, 5.41) is 0. The quantitative estimate of drug-likeness (QED) is 0.670. The molecule has 1 unspecified atom stereocenters. The maximum absolute atomic E-state index is 11.4. The molecule has 0 radical (unpaired) electrons. The van der Waals surface area contributed by atoms with Crippen LogP contribution < -0.4 is 4.72 Å². The summed E-state index contributed by atoms with van der Waals surface area (Å²) in [7, 11) is -3.25. The summed E-state index contributed by atoms with van der Waals surface area (Å²) in [6.07, 6.45) is 2.43. The highest BCUT2D eigenvalue weighted by atomic mass is 32.2. The highest BCUT2D eigenvalue weighted by Gasteiger charge is 2.35. The molecule has 0 aromatic heterocycles. The van der Waals surface area contributed by atoms with E-state index >= 15 is 0 Å². The first kappa shape index (κ1) is 18.2. The lowest BCUT2D eigenvalue weighted by Gasteiger charge is -2.34. The Morgan fingerprint density at radius 2 is 1.89 bits per heavy atom. The van der Waals surface area contributed by atoms with Crippen molar-refractivity contribution in [3.05, 3.63) is 0 Å². The van der Waals surface area contributed by atoms with Crippen molar-refractivity contribution in [3.63, 3.8) is 0 Å². The van der Waals surface area contributed by atoms with E-state index in [0.717, 1.165) is 6.26 Å². The molecule has 0 aromatic carbocycles. The fourth-order valence-corrected chi connectivity index (χ4v) is 3.37. The van der Waals surface area contributed by atoms with E-state index < -0.39 is 21.2 Å². The zero-order chi connectivity index (χ0) is 14.6. The number of hydrogen-bond donors (Lipinski definition) is 1. The minimum absolute atomic E-state index is 0.0130. The fourth-order valence-electron chi connectivity index (χ4n) is 1.68. The van der Waals surface area contributed by atoms with Crippen LogP contribution in [0.1, 0.15) is 27.7 Å². The Labute approximate surface area is 114 Å². The van der Waals surface area contributed by atoms with Gasteiger partial charge in [-0.15, -0.1) is 0 Å². The van der Waals surface area contributed by atoms with E-state index in [4.69, 9.17) is 4.74 Å². The Morgan fingerprint density at radius 3 is 2.22 bits per heavy atom. The van der Waals surface area contributed by atoms with Crippen LogP contribution in [0.15, 0.2) is 0 Å². The van der Waals surface area contributed by atoms with Crippen LogP contribution >= 0.6 is 0 Å². The lowest BCUT2D eigenvalue weighted by molar-refractivity contribution is -0.0462. The third-order valence-electron chi connectivity index (χ3n) is 2.41. The van der Waals surface area contributed by atoms with Crippen molar-refractivity contribution in [1.82, 2.24) is 4.72 Å². The smallest absolute Gasteiger partial charge is 0.208 e. The van der Waals surface area contributed by atoms with Gasteiger partial charge in [0, 0.05) is 12.0 Å². The first-order valence-electron chi connectivity index (χ1n) is 5.84. The molecule has 0 fully saturated rings. The Bertz CT molecular complexity index is 339. The molecule has 0 aromatic rings. The SMILES string of the molecule is CC(C)OC(CNS(C)(=O)=O)C(C)(C)C[S@@+](C)[O-]. The van der Waals surface area contributed by atoms with Crippen LogP contribution in [-0.4, -0.2) is 50.0 Å². The average Bonchev–Trinajstić information content (AvgIpc) is 2.07. The summed E-state index contributed by atoms with van der Waals surface area (Å²) < 4.78 is 41.9. The zero-order valence-corrected chi connectivity index (χ0v) is 13.7. The van der Waals surface area contributed by atoms with Gasteiger partial charge in [0.1, 0.15) is 5.75 Å². The highest BCUT2D eigenvalue weighted by Crippen LogP contribution is 2.26. The molecule has 7 heteroatoms. The number of ether oxygens (including phenoxy) is 1. The number of hydrogen-bond acceptors (Lipinski definition) is 4. The third kappa shape index (κ3) is 8.31. The number of sulfonamides is 1. The largest absolute Gasteiger partial charge is 0.617 e. The van der Waals surface area contributed by atoms with Crippen LogP contribution in [-0.2, 0) is 25.9 Å². The third-order valence-corrected chi connectivity index (χ3v) is 4.26. The van der Waals surface area contributed by atoms with Crippen LogP contribution in [0.4, 0.5) is 0 Å². The van der Waals surface area contributed by atoms with Gasteiger partial charge in [-0.05, 0) is 13.8 Å². The van der Waals surface area contributed by atoms with Crippen LogP contribution in [0.2, 0.25) is 0 Å². The molecule has 0 aliphatic carbocycles. The zero-order valence-electron chi connectivity index (χ0n) is 12.0. The van der Waals surface area contributed by atoms with E-state index in [0.29, 0.717) is 5.75 Å². The Kier molecular flexibility index (Phi) is 7.16. The van der Waals surface area contributed by atoms with Gasteiger partial charge in [0.2, 0.25) is 10.0 Å². The van der Waals surface area contributed by atoms with Crippen molar-refractivity contribution < 1.29 is 17.7 Å². The van der Waals surface area contributed by atoms with Gasteiger partial charge in [0.15, 0.2) is 0 Å². The van der Waals surface area contributed by atoms with Crippen LogP contribution in [0.5, 0.6) is 0 Å². The molecular formula is C11H25NO4S2. The van der Waals surface area contributed by atoms with Crippen LogP contribution in [0, 0.1) is 5.41 Å². The normalized spacial score (nSPS) is 16.9. The second-order valence-electron chi connectivity index (χ2n) is 5.50. The molecule has 0 aliphatic rings. The molecule has 2 atom stereocenters. The van der Waals surface area contributed by atoms with E-state index in [2.05, 4.69) is 4.72 Å². The minimum Gasteiger partial charge on any atom is -0.617 e. The molecule has 0 rings (SSSR count). The van der Waals surface area contributed by atoms with Gasteiger partial charge >= 0.3 is 0 Å². The maximum atomic E-state index is 11.4. The molecule has 0 bridgehead atoms. The molecule has 0 saturated carbocycles. The standard InChI is InChI=1S/C11H25NO4S2/c1-9(2)16-10(7-12-18(6,14)15)11(3,4)8-17(5)13/h9-10,12H,7-8H2,1-6H3/t10?,17-/m1/s1. The van der Waals surface area contributed by atoms with Crippen molar-refractivity contribution >= 4 is 21.2 Å². The van der Waals surface area contributed by atoms with Crippen molar-refractivity contribution in [3.8, 4) is 0 Å². The molecule has 0 heterocycles. The average molecular weight is 299 g/mol. The van der Waals surface area contributed by atoms with Crippen molar-refractivity contribution in [2.45, 2.75) is 39.9 Å². The molecule has 18 heavy (non-hydrogen) atoms. The lowest BCUT2D eigenvalue weighted by atomic mass is 9.88. The predicted molar refractivity (Wildman–Crippen MR) is 75.6 cm³/mol. The summed E-state index contributed by atoms with van der Waals surface area (Å²) in [4.78, 5) is 0. The van der Waals surface area contributed by atoms with Crippen LogP contribution in [0.25, 0.3) is 0 Å². The van der Waals surface area contributed by atoms with E-state index in [1.54, 1.807) is 6.26 Å². The second-order valence-corrected chi connectivity index (χ2v) is 8.77. The van der Waals surface area contributed by atoms with Crippen molar-refractivity contribution in [1.29, 1.82) is 0 Å². The van der Waals surface area contributed by atoms with Crippen molar-refractivity contribution in [2.24, 2.45) is 5.41 Å². The van der Waals surface area contributed by atoms with Gasteiger partial charge in [0.25, 0.3) is 0 Å². The minimum atomic E-state index is -3.25. The van der Waals surface area contributed by atoms with Crippen molar-refractivity contribution in [2.75, 3.05) is 24.8 Å². The van der Waals surface area contributed by atoms with E-state index in [1.807, 2.05) is 27.7 Å². The number of nitrogens with one attached hydrogen (secondary N) is 1. The van der Waals surface area contributed by atoms with Crippen LogP contribution in [0.3, 0.4) is 0 Å². The summed E-state index contributed by atoms with van der Waals surface area (Å²) in [5.74, 6) is 0.468. The van der Waals surface area contributed by atoms with Gasteiger partial charge in [0.05, 0.1) is 24.7 Å². The second kappa shape index (κ2) is 7.09. The fraction of sp³-hybridized carbons (Fsp3) is 1.00. The molecule has 5 nitrogen and oxygen atoms in total. The maximum Gasteiger partial charge on any atom is 0.208 e. The van der Waals surface area contributed by atoms with Gasteiger partial charge in [-0.1, -0.05) is 25.0 Å². The van der Waals surface area contributed by atoms with E-state index in [1.165, 1.54) is 0 Å². The monoisotopic (exact) mass is 299 g/mol. The summed E-state index contributed by atoms with van der Waals surface area (Å²) in [5.41, 5.74) is -0.360. The number of rotatable bonds is 8. The topological polar surface area (TPSA) is 78.5 Å². The molecule has 1 N–H and O–H groups in total. The lowest BCUT2D eigenvalue weighted by Crippen LogP contribution is -2.46. The Hall–Kier alpha value is 0.180. The van der Waals surface area contributed by atoms with Gasteiger partial charge in [-0.25, -0.2) is 13.1 Å². The molecule has 0 amide bonds. The van der Waals surface area contributed by atoms with Gasteiger partial charge in [-0.2, -0.15) is 0 Å². The molecule has 0 saturated heterocycles. The van der Waals surface area contributed by atoms with Gasteiger partial charge in [-0.3, -0.25) is 0 Å². The van der Waals surface area contributed by atoms with E-state index in [9.17, 15) is 13.0 Å². The molecule has 110 valence electrons. The summed E-state index contributed by atoms with van der Waals surface area (Å²) >= 11 is -0.952. The highest BCUT2D eigenvalue weighted by molar-refractivity contribution is 7.90.